The molecule has 0 saturated heterocycles. The van der Waals surface area contributed by atoms with E-state index in [4.69, 9.17) is 4.74 Å². The van der Waals surface area contributed by atoms with E-state index in [9.17, 15) is 0 Å². The maximum atomic E-state index is 7.05. The molecule has 5 heteroatoms. The molecule has 390 valence electrons. The van der Waals surface area contributed by atoms with Crippen LogP contribution in [-0.2, 0) is 10.8 Å². The number of aryl methyl sites for hydroxylation is 2. The molecule has 81 heavy (non-hydrogen) atoms. The summed E-state index contributed by atoms with van der Waals surface area (Å²) in [6, 6.07) is 93.4. The molecule has 5 nitrogen and oxygen atoms in total. The minimum absolute atomic E-state index is 0.218. The normalized spacial score (nSPS) is 14.0. The van der Waals surface area contributed by atoms with Crippen LogP contribution in [0.1, 0.15) is 61.1 Å². The SMILES string of the molecule is Cc1ccc2c(N3c4ccc(N(c5ccccc5)c5ccccc5)cc4C(C)(C)c4cc5c(cc43)C(C)(C)c3ccccc3-5)c3cc(C)ccc3c(N3c4ccccc4Oc4cc(N(c5ccccc5)c5ccccc5)ccc43)c2c1. The molecule has 0 fully saturated rings. The maximum absolute atomic E-state index is 7.05. The van der Waals surface area contributed by atoms with Crippen molar-refractivity contribution in [3.63, 3.8) is 0 Å². The number of rotatable bonds is 8. The third kappa shape index (κ3) is 7.52. The van der Waals surface area contributed by atoms with E-state index >= 15 is 0 Å². The lowest BCUT2D eigenvalue weighted by Gasteiger charge is -2.44. The highest BCUT2D eigenvalue weighted by Gasteiger charge is 2.44. The molecule has 0 N–H and O–H groups in total. The molecule has 0 bridgehead atoms. The highest BCUT2D eigenvalue weighted by Crippen LogP contribution is 2.62. The largest absolute Gasteiger partial charge is 0.453 e. The van der Waals surface area contributed by atoms with Gasteiger partial charge in [-0.25, -0.2) is 0 Å². The number of anilines is 12. The van der Waals surface area contributed by atoms with Gasteiger partial charge < -0.3 is 24.3 Å². The second-order valence-corrected chi connectivity index (χ2v) is 23.1. The van der Waals surface area contributed by atoms with Crippen LogP contribution in [0.5, 0.6) is 11.5 Å². The van der Waals surface area contributed by atoms with Gasteiger partial charge in [-0.2, -0.15) is 0 Å². The fourth-order valence-corrected chi connectivity index (χ4v) is 13.5. The zero-order valence-corrected chi connectivity index (χ0v) is 46.4. The Balaban J connectivity index is 1.01. The van der Waals surface area contributed by atoms with Gasteiger partial charge in [-0.1, -0.05) is 172 Å². The van der Waals surface area contributed by atoms with E-state index in [1.165, 1.54) is 61.3 Å². The van der Waals surface area contributed by atoms with Gasteiger partial charge in [0.05, 0.1) is 34.1 Å². The lowest BCUT2D eigenvalue weighted by molar-refractivity contribution is 0.477. The van der Waals surface area contributed by atoms with Crippen molar-refractivity contribution in [2.45, 2.75) is 52.4 Å². The lowest BCUT2D eigenvalue weighted by Crippen LogP contribution is -2.32. The van der Waals surface area contributed by atoms with Gasteiger partial charge >= 0.3 is 0 Å². The lowest BCUT2D eigenvalue weighted by atomic mass is 9.71. The Morgan fingerprint density at radius 3 is 1.31 bits per heavy atom. The molecule has 2 aliphatic heterocycles. The summed E-state index contributed by atoms with van der Waals surface area (Å²) in [6.07, 6.45) is 0. The quantitative estimate of drug-likeness (QED) is 0.141. The number of para-hydroxylation sites is 6. The van der Waals surface area contributed by atoms with Crippen molar-refractivity contribution in [3.05, 3.63) is 288 Å². The van der Waals surface area contributed by atoms with Gasteiger partial charge in [0.25, 0.3) is 0 Å². The molecular weight excluding hydrogens is 985 g/mol. The average Bonchev–Trinajstić information content (AvgIpc) is 3.16. The first-order valence-electron chi connectivity index (χ1n) is 28.2. The molecule has 0 amide bonds. The second-order valence-electron chi connectivity index (χ2n) is 23.1. The summed E-state index contributed by atoms with van der Waals surface area (Å²) in [7, 11) is 0. The van der Waals surface area contributed by atoms with E-state index in [1.807, 2.05) is 0 Å². The van der Waals surface area contributed by atoms with Crippen LogP contribution < -0.4 is 24.3 Å². The van der Waals surface area contributed by atoms with Crippen molar-refractivity contribution in [2.24, 2.45) is 0 Å². The van der Waals surface area contributed by atoms with Gasteiger partial charge in [0.15, 0.2) is 11.5 Å². The highest BCUT2D eigenvalue weighted by molar-refractivity contribution is 6.24. The van der Waals surface area contributed by atoms with E-state index in [-0.39, 0.29) is 5.41 Å². The Morgan fingerprint density at radius 2 is 0.741 bits per heavy atom. The van der Waals surface area contributed by atoms with Gasteiger partial charge in [0, 0.05) is 72.6 Å². The van der Waals surface area contributed by atoms with Crippen molar-refractivity contribution in [1.82, 2.24) is 0 Å². The smallest absolute Gasteiger partial charge is 0.153 e. The van der Waals surface area contributed by atoms with E-state index < -0.39 is 5.41 Å². The number of hydrogen-bond acceptors (Lipinski definition) is 5. The zero-order chi connectivity index (χ0) is 54.7. The Bertz CT molecular complexity index is 4400. The summed E-state index contributed by atoms with van der Waals surface area (Å²) in [4.78, 5) is 9.81. The van der Waals surface area contributed by atoms with Gasteiger partial charge in [0.2, 0.25) is 0 Å². The summed E-state index contributed by atoms with van der Waals surface area (Å²) in [5, 5.41) is 4.63. The summed E-state index contributed by atoms with van der Waals surface area (Å²) in [6.45, 7) is 14.1. The van der Waals surface area contributed by atoms with Gasteiger partial charge in [-0.3, -0.25) is 0 Å². The zero-order valence-electron chi connectivity index (χ0n) is 46.4. The minimum Gasteiger partial charge on any atom is -0.453 e. The summed E-state index contributed by atoms with van der Waals surface area (Å²) >= 11 is 0. The Hall–Kier alpha value is -9.84. The molecule has 0 saturated carbocycles. The third-order valence-electron chi connectivity index (χ3n) is 17.4. The van der Waals surface area contributed by atoms with Crippen molar-refractivity contribution in [1.29, 1.82) is 0 Å². The number of nitrogens with zero attached hydrogens (tertiary/aromatic N) is 4. The van der Waals surface area contributed by atoms with Crippen LogP contribution in [0.15, 0.2) is 255 Å². The Morgan fingerprint density at radius 1 is 0.296 bits per heavy atom. The fraction of sp³-hybridized carbons (Fsp3) is 0.105. The van der Waals surface area contributed by atoms with Crippen LogP contribution in [0.4, 0.5) is 68.2 Å². The molecule has 0 aromatic heterocycles. The summed E-state index contributed by atoms with van der Waals surface area (Å²) in [5.74, 6) is 1.58. The number of fused-ring (bicyclic) bond motifs is 9. The molecule has 0 spiro atoms. The van der Waals surface area contributed by atoms with Crippen molar-refractivity contribution < 1.29 is 4.74 Å². The van der Waals surface area contributed by atoms with Crippen LogP contribution >= 0.6 is 0 Å². The maximum Gasteiger partial charge on any atom is 0.153 e. The molecule has 12 aromatic rings. The van der Waals surface area contributed by atoms with Gasteiger partial charge in [-0.05, 0) is 162 Å². The van der Waals surface area contributed by atoms with E-state index in [0.29, 0.717) is 0 Å². The molecule has 0 unspecified atom stereocenters. The number of ether oxygens (including phenoxy) is 1. The van der Waals surface area contributed by atoms with Crippen LogP contribution in [0.2, 0.25) is 0 Å². The van der Waals surface area contributed by atoms with Gasteiger partial charge in [-0.15, -0.1) is 0 Å². The Labute approximate surface area is 474 Å². The molecule has 1 aliphatic carbocycles. The summed E-state index contributed by atoms with van der Waals surface area (Å²) < 4.78 is 7.05. The predicted molar refractivity (Wildman–Crippen MR) is 339 cm³/mol. The second kappa shape index (κ2) is 18.4. The monoisotopic (exact) mass is 1040 g/mol. The number of hydrogen-bond donors (Lipinski definition) is 0. The van der Waals surface area contributed by atoms with E-state index in [0.717, 1.165) is 84.5 Å². The first-order valence-corrected chi connectivity index (χ1v) is 28.2. The van der Waals surface area contributed by atoms with Crippen LogP contribution in [0, 0.1) is 13.8 Å². The first-order chi connectivity index (χ1) is 39.5. The molecular formula is C76H60N4O. The van der Waals surface area contributed by atoms with E-state index in [1.54, 1.807) is 0 Å². The van der Waals surface area contributed by atoms with Crippen molar-refractivity contribution in [2.75, 3.05) is 19.6 Å². The van der Waals surface area contributed by atoms with Crippen LogP contribution in [0.3, 0.4) is 0 Å². The molecule has 3 aliphatic rings. The minimum atomic E-state index is -0.415. The van der Waals surface area contributed by atoms with E-state index in [2.05, 4.69) is 316 Å². The third-order valence-corrected chi connectivity index (χ3v) is 17.4. The van der Waals surface area contributed by atoms with Crippen molar-refractivity contribution in [3.8, 4) is 22.6 Å². The Kier molecular flexibility index (Phi) is 11.0. The van der Waals surface area contributed by atoms with Gasteiger partial charge in [0.1, 0.15) is 0 Å². The highest BCUT2D eigenvalue weighted by atomic mass is 16.5. The van der Waals surface area contributed by atoms with Crippen molar-refractivity contribution >= 4 is 89.8 Å². The number of benzene rings is 12. The standard InChI is InChI=1S/C76H60N4O/c1-49-36-40-59-61(43-49)73(58-39-35-50(2)44-62(58)74(59)80-68-33-21-22-34-71(68)81-72-46-56(38-42-69(72)80)78(53-27-15-9-16-28-53)54-29-17-10-18-30-54)79-67-41-37-55(77(51-23-11-7-12-24-51)52-25-13-8-14-26-52)45-65(67)76(5,6)66-47-60-57-31-19-20-32-63(57)75(3,4)64(60)48-70(66)79/h7-48H,1-6H3. The van der Waals surface area contributed by atoms with Crippen LogP contribution in [-0.4, -0.2) is 0 Å². The molecule has 2 heterocycles. The fourth-order valence-electron chi connectivity index (χ4n) is 13.5. The molecule has 12 aromatic carbocycles. The predicted octanol–water partition coefficient (Wildman–Crippen LogP) is 21.5. The molecule has 0 atom stereocenters. The molecule has 15 rings (SSSR count). The summed E-state index contributed by atoms with van der Waals surface area (Å²) in [5.41, 5.74) is 22.7. The molecule has 0 radical (unpaired) electrons. The first kappa shape index (κ1) is 48.3. The average molecular weight is 1050 g/mol. The van der Waals surface area contributed by atoms with Crippen LogP contribution in [0.25, 0.3) is 32.7 Å². The topological polar surface area (TPSA) is 22.2 Å².